The first-order valence-electron chi connectivity index (χ1n) is 10.2. The number of carbonyl (C=O) groups excluding carboxylic acids is 3. The predicted octanol–water partition coefficient (Wildman–Crippen LogP) is 2.66. The van der Waals surface area contributed by atoms with E-state index in [-0.39, 0.29) is 17.7 Å². The van der Waals surface area contributed by atoms with E-state index in [1.165, 1.54) is 20.8 Å². The zero-order valence-electron chi connectivity index (χ0n) is 18.6. The quantitative estimate of drug-likeness (QED) is 0.463. The van der Waals surface area contributed by atoms with E-state index in [9.17, 15) is 14.4 Å². The third-order valence-electron chi connectivity index (χ3n) is 5.05. The maximum absolute atomic E-state index is 11.6. The first-order chi connectivity index (χ1) is 15.2. The van der Waals surface area contributed by atoms with Crippen LogP contribution in [0, 0.1) is 0 Å². The van der Waals surface area contributed by atoms with Gasteiger partial charge in [0.2, 0.25) is 0 Å². The molecule has 0 fully saturated rings. The molecule has 3 amide bonds. The standard InChI is InChI=1S/C25H27AsN3O3/c1-17(30)27-23-11-5-8-20(14-23)26(4,21-9-6-12-24(15-21)28-18(2)31)22-10-7-13-25(16-22)29-19(3)32/h5-16H,1-4H3,(H,27,30)(H,28,31)(H,29,32). The Bertz CT molecular complexity index is 1030. The number of nitrogens with one attached hydrogen (secondary N) is 3. The molecule has 0 saturated carbocycles. The molecule has 3 aromatic rings. The molecule has 165 valence electrons. The minimum atomic E-state index is -3.04. The summed E-state index contributed by atoms with van der Waals surface area (Å²) in [6.45, 7) is 4.46. The molecule has 0 unspecified atom stereocenters. The third kappa shape index (κ3) is 5.45. The number of carbonyl (C=O) groups is 3. The van der Waals surface area contributed by atoms with Crippen LogP contribution in [0.15, 0.2) is 72.8 Å². The summed E-state index contributed by atoms with van der Waals surface area (Å²) in [5.41, 5.74) is 4.46. The Labute approximate surface area is 190 Å². The molecule has 0 heterocycles. The van der Waals surface area contributed by atoms with Gasteiger partial charge < -0.3 is 0 Å². The van der Waals surface area contributed by atoms with Gasteiger partial charge in [0.25, 0.3) is 0 Å². The molecule has 0 aliphatic rings. The van der Waals surface area contributed by atoms with Crippen molar-refractivity contribution in [1.29, 1.82) is 0 Å². The van der Waals surface area contributed by atoms with E-state index in [1.54, 1.807) is 0 Å². The van der Waals surface area contributed by atoms with Crippen LogP contribution in [0.4, 0.5) is 17.1 Å². The van der Waals surface area contributed by atoms with Gasteiger partial charge in [0, 0.05) is 0 Å². The molecule has 32 heavy (non-hydrogen) atoms. The number of benzene rings is 3. The summed E-state index contributed by atoms with van der Waals surface area (Å²) in [6.07, 6.45) is 0. The van der Waals surface area contributed by atoms with Crippen LogP contribution in [0.3, 0.4) is 0 Å². The topological polar surface area (TPSA) is 87.3 Å². The van der Waals surface area contributed by atoms with Crippen molar-refractivity contribution in [1.82, 2.24) is 0 Å². The van der Waals surface area contributed by atoms with Crippen molar-refractivity contribution in [2.75, 3.05) is 16.0 Å². The van der Waals surface area contributed by atoms with E-state index in [1.807, 2.05) is 54.6 Å². The van der Waals surface area contributed by atoms with Crippen LogP contribution in [-0.2, 0) is 14.4 Å². The van der Waals surface area contributed by atoms with Crippen LogP contribution in [0.2, 0.25) is 5.71 Å². The fraction of sp³-hybridized carbons (Fsp3) is 0.160. The SMILES string of the molecule is CC(=O)Nc1cccc([As](C)(c2cccc(NC(C)=O)c2)c2cccc(NC(C)=O)c2)c1. The van der Waals surface area contributed by atoms with Crippen LogP contribution in [-0.4, -0.2) is 31.3 Å². The van der Waals surface area contributed by atoms with Crippen molar-refractivity contribution in [3.05, 3.63) is 72.8 Å². The maximum atomic E-state index is 11.6. The van der Waals surface area contributed by atoms with Crippen LogP contribution >= 0.6 is 0 Å². The van der Waals surface area contributed by atoms with Crippen LogP contribution in [0.1, 0.15) is 20.8 Å². The van der Waals surface area contributed by atoms with Gasteiger partial charge in [0.15, 0.2) is 0 Å². The van der Waals surface area contributed by atoms with Gasteiger partial charge in [-0.05, 0) is 0 Å². The van der Waals surface area contributed by atoms with Crippen molar-refractivity contribution < 1.29 is 14.4 Å². The molecule has 0 spiro atoms. The molecular weight excluding hydrogens is 465 g/mol. The third-order valence-corrected chi connectivity index (χ3v) is 13.3. The summed E-state index contributed by atoms with van der Waals surface area (Å²) < 4.78 is 3.36. The van der Waals surface area contributed by atoms with Crippen LogP contribution in [0.5, 0.6) is 0 Å². The average Bonchev–Trinajstić information content (AvgIpc) is 2.72. The fourth-order valence-electron chi connectivity index (χ4n) is 3.64. The van der Waals surface area contributed by atoms with Crippen molar-refractivity contribution in [2.24, 2.45) is 0 Å². The molecule has 0 bridgehead atoms. The zero-order chi connectivity index (χ0) is 23.3. The molecule has 6 nitrogen and oxygen atoms in total. The first kappa shape index (κ1) is 23.3. The Morgan fingerprint density at radius 3 is 1.09 bits per heavy atom. The van der Waals surface area contributed by atoms with Crippen molar-refractivity contribution in [3.63, 3.8) is 0 Å². The van der Waals surface area contributed by atoms with Gasteiger partial charge in [-0.3, -0.25) is 0 Å². The van der Waals surface area contributed by atoms with E-state index in [4.69, 9.17) is 0 Å². The molecule has 0 saturated heterocycles. The van der Waals surface area contributed by atoms with Gasteiger partial charge in [-0.1, -0.05) is 0 Å². The van der Waals surface area contributed by atoms with Crippen molar-refractivity contribution in [2.45, 2.75) is 26.5 Å². The normalized spacial score (nSPS) is 10.9. The van der Waals surface area contributed by atoms with Gasteiger partial charge in [-0.15, -0.1) is 0 Å². The Kier molecular flexibility index (Phi) is 7.16. The molecule has 0 atom stereocenters. The summed E-state index contributed by atoms with van der Waals surface area (Å²) in [6, 6.07) is 23.7. The molecule has 3 rings (SSSR count). The van der Waals surface area contributed by atoms with Gasteiger partial charge >= 0.3 is 191 Å². The second-order valence-corrected chi connectivity index (χ2v) is 15.2. The molecule has 7 heteroatoms. The summed E-state index contributed by atoms with van der Waals surface area (Å²) in [4.78, 5) is 34.9. The summed E-state index contributed by atoms with van der Waals surface area (Å²) in [5, 5.41) is 8.61. The van der Waals surface area contributed by atoms with Crippen molar-refractivity contribution in [3.8, 4) is 0 Å². The van der Waals surface area contributed by atoms with E-state index in [2.05, 4.69) is 39.9 Å². The predicted molar refractivity (Wildman–Crippen MR) is 133 cm³/mol. The van der Waals surface area contributed by atoms with Gasteiger partial charge in [-0.2, -0.15) is 0 Å². The summed E-state index contributed by atoms with van der Waals surface area (Å²) >= 11 is -3.04. The van der Waals surface area contributed by atoms with Gasteiger partial charge in [-0.25, -0.2) is 0 Å². The first-order valence-corrected chi connectivity index (χ1v) is 14.9. The van der Waals surface area contributed by atoms with E-state index in [0.29, 0.717) is 0 Å². The van der Waals surface area contributed by atoms with Crippen LogP contribution < -0.4 is 29.0 Å². The molecule has 0 aliphatic carbocycles. The Morgan fingerprint density at radius 1 is 0.562 bits per heavy atom. The number of hydrogen-bond donors (Lipinski definition) is 3. The van der Waals surface area contributed by atoms with Crippen molar-refractivity contribution >= 4 is 61.4 Å². The number of amides is 3. The Balaban J connectivity index is 2.21. The van der Waals surface area contributed by atoms with E-state index in [0.717, 1.165) is 30.1 Å². The second kappa shape index (κ2) is 9.84. The molecule has 3 aromatic carbocycles. The number of hydrogen-bond acceptors (Lipinski definition) is 3. The number of rotatable bonds is 6. The Hall–Kier alpha value is -3.37. The Morgan fingerprint density at radius 2 is 0.844 bits per heavy atom. The fourth-order valence-corrected chi connectivity index (χ4v) is 10.4. The average molecular weight is 492 g/mol. The molecule has 0 aliphatic heterocycles. The van der Waals surface area contributed by atoms with E-state index >= 15 is 0 Å². The molecule has 0 aromatic heterocycles. The van der Waals surface area contributed by atoms with Gasteiger partial charge in [0.05, 0.1) is 0 Å². The second-order valence-electron chi connectivity index (χ2n) is 7.70. The zero-order valence-corrected chi connectivity index (χ0v) is 20.5. The summed E-state index contributed by atoms with van der Waals surface area (Å²) in [7, 11) is 0. The van der Waals surface area contributed by atoms with Crippen LogP contribution in [0.25, 0.3) is 0 Å². The van der Waals surface area contributed by atoms with E-state index < -0.39 is 13.6 Å². The summed E-state index contributed by atoms with van der Waals surface area (Å²) in [5.74, 6) is -0.389. The van der Waals surface area contributed by atoms with Gasteiger partial charge in [0.1, 0.15) is 0 Å². The molecular formula is C25H27AsN3O3. The minimum absolute atomic E-state index is 0.130. The molecule has 1 radical (unpaired) electrons. The number of anilines is 3. The molecule has 3 N–H and O–H groups in total. The monoisotopic (exact) mass is 492 g/mol.